The highest BCUT2D eigenvalue weighted by atomic mass is 16.5. The average Bonchev–Trinajstić information content (AvgIpc) is 3.31. The Bertz CT molecular complexity index is 1010. The minimum absolute atomic E-state index is 0.0421. The molecule has 4 nitrogen and oxygen atoms in total. The molecule has 1 spiro atoms. The Hall–Kier alpha value is -2.56. The van der Waals surface area contributed by atoms with Gasteiger partial charge in [0.15, 0.2) is 0 Å². The van der Waals surface area contributed by atoms with Crippen molar-refractivity contribution in [3.05, 3.63) is 71.4 Å². The van der Waals surface area contributed by atoms with Gasteiger partial charge in [-0.05, 0) is 42.2 Å². The maximum absolute atomic E-state index is 5.45. The van der Waals surface area contributed by atoms with Gasteiger partial charge in [0, 0.05) is 42.8 Å². The van der Waals surface area contributed by atoms with E-state index in [0.717, 1.165) is 44.8 Å². The number of nitrogens with one attached hydrogen (secondary N) is 2. The molecule has 144 valence electrons. The first-order chi connectivity index (χ1) is 13.8. The molecule has 2 aliphatic rings. The lowest BCUT2D eigenvalue weighted by Crippen LogP contribution is -2.49. The standard InChI is InChI=1S/C24H27N3O/c1-28-19-9-10-22-21(16-19)20-11-13-25-24(23(20)26-22)12-15-27(17-24)14-5-8-18-6-3-2-4-7-18/h2-10,16,25-26H,11-15,17H2,1H3/b8-5+. The number of H-pyrrole nitrogens is 1. The maximum Gasteiger partial charge on any atom is 0.119 e. The topological polar surface area (TPSA) is 40.3 Å². The van der Waals surface area contributed by atoms with Crippen molar-refractivity contribution in [3.8, 4) is 5.75 Å². The fourth-order valence-corrected chi connectivity index (χ4v) is 4.83. The number of aromatic nitrogens is 1. The summed E-state index contributed by atoms with van der Waals surface area (Å²) in [5.74, 6) is 0.931. The van der Waals surface area contributed by atoms with Crippen LogP contribution in [-0.4, -0.2) is 43.2 Å². The zero-order valence-electron chi connectivity index (χ0n) is 16.4. The Kier molecular flexibility index (Phi) is 4.46. The largest absolute Gasteiger partial charge is 0.497 e. The van der Waals surface area contributed by atoms with Gasteiger partial charge in [0.1, 0.15) is 5.75 Å². The highest BCUT2D eigenvalue weighted by Gasteiger charge is 2.43. The first-order valence-corrected chi connectivity index (χ1v) is 10.2. The number of methoxy groups -OCH3 is 1. The number of hydrogen-bond acceptors (Lipinski definition) is 3. The van der Waals surface area contributed by atoms with Crippen molar-refractivity contribution >= 4 is 17.0 Å². The maximum atomic E-state index is 5.45. The van der Waals surface area contributed by atoms with Crippen molar-refractivity contribution in [2.75, 3.05) is 33.3 Å². The van der Waals surface area contributed by atoms with Crippen molar-refractivity contribution in [2.24, 2.45) is 0 Å². The number of fused-ring (bicyclic) bond motifs is 4. The minimum atomic E-state index is 0.0421. The Balaban J connectivity index is 1.38. The Morgan fingerprint density at radius 3 is 2.93 bits per heavy atom. The molecule has 1 unspecified atom stereocenters. The molecular formula is C24H27N3O. The van der Waals surface area contributed by atoms with Gasteiger partial charge in [0.25, 0.3) is 0 Å². The van der Waals surface area contributed by atoms with Gasteiger partial charge in [0.05, 0.1) is 12.6 Å². The summed E-state index contributed by atoms with van der Waals surface area (Å²) >= 11 is 0. The Morgan fingerprint density at radius 1 is 1.18 bits per heavy atom. The molecule has 1 atom stereocenters. The van der Waals surface area contributed by atoms with Crippen molar-refractivity contribution in [1.82, 2.24) is 15.2 Å². The van der Waals surface area contributed by atoms with Crippen LogP contribution in [0.4, 0.5) is 0 Å². The molecule has 2 N–H and O–H groups in total. The lowest BCUT2D eigenvalue weighted by Gasteiger charge is -2.35. The van der Waals surface area contributed by atoms with Crippen molar-refractivity contribution < 1.29 is 4.74 Å². The molecule has 2 aliphatic heterocycles. The van der Waals surface area contributed by atoms with Gasteiger partial charge in [0.2, 0.25) is 0 Å². The summed E-state index contributed by atoms with van der Waals surface area (Å²) in [7, 11) is 1.74. The van der Waals surface area contributed by atoms with E-state index in [1.54, 1.807) is 7.11 Å². The van der Waals surface area contributed by atoms with Gasteiger partial charge in [-0.25, -0.2) is 0 Å². The van der Waals surface area contributed by atoms with Crippen molar-refractivity contribution in [1.29, 1.82) is 0 Å². The predicted molar refractivity (Wildman–Crippen MR) is 115 cm³/mol. The van der Waals surface area contributed by atoms with E-state index in [2.05, 4.69) is 69.8 Å². The van der Waals surface area contributed by atoms with Gasteiger partial charge in [-0.3, -0.25) is 4.90 Å². The van der Waals surface area contributed by atoms with Crippen LogP contribution in [0, 0.1) is 0 Å². The smallest absolute Gasteiger partial charge is 0.119 e. The van der Waals surface area contributed by atoms with Crippen molar-refractivity contribution in [2.45, 2.75) is 18.4 Å². The molecule has 1 saturated heterocycles. The second-order valence-electron chi connectivity index (χ2n) is 7.95. The molecule has 28 heavy (non-hydrogen) atoms. The van der Waals surface area contributed by atoms with Gasteiger partial charge >= 0.3 is 0 Å². The lowest BCUT2D eigenvalue weighted by atomic mass is 9.86. The van der Waals surface area contributed by atoms with E-state index in [0.29, 0.717) is 0 Å². The van der Waals surface area contributed by atoms with Crippen molar-refractivity contribution in [3.63, 3.8) is 0 Å². The molecular weight excluding hydrogens is 346 g/mol. The molecule has 4 heteroatoms. The summed E-state index contributed by atoms with van der Waals surface area (Å²) in [6.45, 7) is 4.18. The van der Waals surface area contributed by atoms with Gasteiger partial charge in [-0.15, -0.1) is 0 Å². The molecule has 0 radical (unpaired) electrons. The third-order valence-electron chi connectivity index (χ3n) is 6.25. The van der Waals surface area contributed by atoms with Crippen LogP contribution >= 0.6 is 0 Å². The molecule has 3 aromatic rings. The first kappa shape index (κ1) is 17.5. The number of aromatic amines is 1. The SMILES string of the molecule is COc1ccc2[nH]c3c(c2c1)CCNC31CCN(C/C=C/c2ccccc2)C1. The third kappa shape index (κ3) is 3.03. The quantitative estimate of drug-likeness (QED) is 0.728. The summed E-state index contributed by atoms with van der Waals surface area (Å²) < 4.78 is 5.45. The van der Waals surface area contributed by atoms with Crippen LogP contribution in [0.1, 0.15) is 23.2 Å². The monoisotopic (exact) mass is 373 g/mol. The molecule has 0 bridgehead atoms. The van der Waals surface area contributed by atoms with Gasteiger partial charge < -0.3 is 15.0 Å². The summed E-state index contributed by atoms with van der Waals surface area (Å²) in [6, 6.07) is 16.9. The molecule has 1 aromatic heterocycles. The number of hydrogen-bond donors (Lipinski definition) is 2. The molecule has 0 amide bonds. The molecule has 0 aliphatic carbocycles. The number of ether oxygens (including phenoxy) is 1. The number of rotatable bonds is 4. The van der Waals surface area contributed by atoms with E-state index in [1.807, 2.05) is 6.07 Å². The Labute approximate surface area is 166 Å². The first-order valence-electron chi connectivity index (χ1n) is 10.2. The van der Waals surface area contributed by atoms with E-state index >= 15 is 0 Å². The molecule has 2 aromatic carbocycles. The molecule has 3 heterocycles. The van der Waals surface area contributed by atoms with Crippen LogP contribution in [-0.2, 0) is 12.0 Å². The average molecular weight is 374 g/mol. The lowest BCUT2D eigenvalue weighted by molar-refractivity contribution is 0.286. The fourth-order valence-electron chi connectivity index (χ4n) is 4.83. The normalized spacial score (nSPS) is 22.3. The zero-order chi connectivity index (χ0) is 19.0. The third-order valence-corrected chi connectivity index (χ3v) is 6.25. The number of benzene rings is 2. The van der Waals surface area contributed by atoms with Crippen LogP contribution < -0.4 is 10.1 Å². The highest BCUT2D eigenvalue weighted by molar-refractivity contribution is 5.86. The number of nitrogens with zero attached hydrogens (tertiary/aromatic N) is 1. The number of likely N-dealkylation sites (tertiary alicyclic amines) is 1. The van der Waals surface area contributed by atoms with Gasteiger partial charge in [-0.1, -0.05) is 42.5 Å². The summed E-state index contributed by atoms with van der Waals surface area (Å²) in [6.07, 6.45) is 6.72. The minimum Gasteiger partial charge on any atom is -0.497 e. The van der Waals surface area contributed by atoms with Crippen LogP contribution in [0.2, 0.25) is 0 Å². The van der Waals surface area contributed by atoms with Crippen LogP contribution in [0.25, 0.3) is 17.0 Å². The zero-order valence-corrected chi connectivity index (χ0v) is 16.4. The second kappa shape index (κ2) is 7.12. The van der Waals surface area contributed by atoms with Gasteiger partial charge in [-0.2, -0.15) is 0 Å². The molecule has 0 saturated carbocycles. The summed E-state index contributed by atoms with van der Waals surface area (Å²) in [5, 5.41) is 5.17. The van der Waals surface area contributed by atoms with E-state index in [9.17, 15) is 0 Å². The van der Waals surface area contributed by atoms with Crippen LogP contribution in [0.15, 0.2) is 54.6 Å². The highest BCUT2D eigenvalue weighted by Crippen LogP contribution is 2.40. The molecule has 5 rings (SSSR count). The second-order valence-corrected chi connectivity index (χ2v) is 7.95. The summed E-state index contributed by atoms with van der Waals surface area (Å²) in [5.41, 5.74) is 5.38. The molecule has 1 fully saturated rings. The Morgan fingerprint density at radius 2 is 2.07 bits per heavy atom. The van der Waals surface area contributed by atoms with E-state index in [4.69, 9.17) is 4.74 Å². The van der Waals surface area contributed by atoms with Crippen LogP contribution in [0.5, 0.6) is 5.75 Å². The summed E-state index contributed by atoms with van der Waals surface area (Å²) in [4.78, 5) is 6.29. The predicted octanol–water partition coefficient (Wildman–Crippen LogP) is 3.94. The van der Waals surface area contributed by atoms with Crippen LogP contribution in [0.3, 0.4) is 0 Å². The van der Waals surface area contributed by atoms with E-state index in [1.165, 1.54) is 27.7 Å². The van der Waals surface area contributed by atoms with E-state index in [-0.39, 0.29) is 5.54 Å². The fraction of sp³-hybridized carbons (Fsp3) is 0.333. The van der Waals surface area contributed by atoms with E-state index < -0.39 is 0 Å².